The van der Waals surface area contributed by atoms with Gasteiger partial charge in [0.1, 0.15) is 5.82 Å². The van der Waals surface area contributed by atoms with E-state index in [1.807, 2.05) is 23.1 Å². The van der Waals surface area contributed by atoms with Gasteiger partial charge in [0.2, 0.25) is 5.91 Å². The van der Waals surface area contributed by atoms with Gasteiger partial charge >= 0.3 is 5.69 Å². The fraction of sp³-hybridized carbons (Fsp3) is 0.577. The molecular formula is C26H37N7O2. The number of nitrogens with zero attached hydrogens (tertiary/aromatic N) is 5. The molecule has 188 valence electrons. The summed E-state index contributed by atoms with van der Waals surface area (Å²) in [5, 5.41) is 0. The molecule has 1 aromatic carbocycles. The molecule has 1 unspecified atom stereocenters. The van der Waals surface area contributed by atoms with Gasteiger partial charge in [0.05, 0.1) is 11.2 Å². The Kier molecular flexibility index (Phi) is 6.91. The average Bonchev–Trinajstić information content (AvgIpc) is 3.66. The number of rotatable bonds is 6. The Morgan fingerprint density at radius 2 is 1.74 bits per heavy atom. The number of aromatic nitrogens is 2. The third-order valence-electron chi connectivity index (χ3n) is 7.69. The van der Waals surface area contributed by atoms with Crippen molar-refractivity contribution in [1.29, 1.82) is 0 Å². The third-order valence-corrected chi connectivity index (χ3v) is 7.69. The van der Waals surface area contributed by atoms with Crippen molar-refractivity contribution in [3.63, 3.8) is 0 Å². The van der Waals surface area contributed by atoms with Crippen LogP contribution in [0.15, 0.2) is 41.3 Å². The van der Waals surface area contributed by atoms with Crippen molar-refractivity contribution >= 4 is 11.7 Å². The quantitative estimate of drug-likeness (QED) is 0.628. The fourth-order valence-corrected chi connectivity index (χ4v) is 5.08. The van der Waals surface area contributed by atoms with Crippen LogP contribution in [0.25, 0.3) is 5.69 Å². The number of benzene rings is 1. The predicted molar refractivity (Wildman–Crippen MR) is 137 cm³/mol. The first-order valence-electron chi connectivity index (χ1n) is 12.9. The van der Waals surface area contributed by atoms with Crippen LogP contribution < -0.4 is 22.1 Å². The number of piperazine rings is 1. The van der Waals surface area contributed by atoms with E-state index >= 15 is 0 Å². The Morgan fingerprint density at radius 3 is 2.43 bits per heavy atom. The van der Waals surface area contributed by atoms with E-state index in [-0.39, 0.29) is 11.6 Å². The van der Waals surface area contributed by atoms with Gasteiger partial charge in [0, 0.05) is 45.0 Å². The van der Waals surface area contributed by atoms with Crippen molar-refractivity contribution in [2.45, 2.75) is 50.1 Å². The van der Waals surface area contributed by atoms with Gasteiger partial charge < -0.3 is 26.2 Å². The van der Waals surface area contributed by atoms with Gasteiger partial charge in [0.25, 0.3) is 0 Å². The van der Waals surface area contributed by atoms with E-state index in [0.29, 0.717) is 38.0 Å². The van der Waals surface area contributed by atoms with Crippen LogP contribution in [-0.4, -0.2) is 82.7 Å². The van der Waals surface area contributed by atoms with E-state index in [4.69, 9.17) is 11.5 Å². The van der Waals surface area contributed by atoms with E-state index in [1.165, 1.54) is 12.0 Å². The van der Waals surface area contributed by atoms with Crippen LogP contribution in [0.1, 0.15) is 37.7 Å². The molecule has 1 aromatic heterocycles. The molecule has 0 bridgehead atoms. The molecule has 9 heteroatoms. The maximum atomic E-state index is 12.8. The lowest BCUT2D eigenvalue weighted by Gasteiger charge is -2.36. The molecule has 1 aliphatic carbocycles. The Hall–Kier alpha value is -2.75. The molecule has 2 aliphatic heterocycles. The molecule has 1 saturated carbocycles. The zero-order valence-electron chi connectivity index (χ0n) is 20.4. The highest BCUT2D eigenvalue weighted by atomic mass is 16.2. The van der Waals surface area contributed by atoms with Gasteiger partial charge in [-0.05, 0) is 75.4 Å². The summed E-state index contributed by atoms with van der Waals surface area (Å²) in [4.78, 5) is 36.0. The van der Waals surface area contributed by atoms with Crippen molar-refractivity contribution in [1.82, 2.24) is 19.4 Å². The van der Waals surface area contributed by atoms with Gasteiger partial charge in [-0.1, -0.05) is 12.1 Å². The fourth-order valence-electron chi connectivity index (χ4n) is 5.08. The predicted octanol–water partition coefficient (Wildman–Crippen LogP) is 0.728. The smallest absolute Gasteiger partial charge is 0.353 e. The number of likely N-dealkylation sites (tertiary alicyclic amines) is 1. The first-order chi connectivity index (χ1) is 16.9. The monoisotopic (exact) mass is 479 g/mol. The minimum absolute atomic E-state index is 0.0552. The number of nitrogens with two attached hydrogens (primary N) is 2. The summed E-state index contributed by atoms with van der Waals surface area (Å²) in [5.41, 5.74) is 13.3. The first-order valence-corrected chi connectivity index (χ1v) is 12.9. The van der Waals surface area contributed by atoms with Crippen LogP contribution in [0.5, 0.6) is 0 Å². The van der Waals surface area contributed by atoms with Crippen molar-refractivity contribution in [3.05, 3.63) is 52.6 Å². The minimum atomic E-state index is -0.627. The first kappa shape index (κ1) is 24.0. The number of amides is 1. The summed E-state index contributed by atoms with van der Waals surface area (Å²) in [6.45, 7) is 5.74. The van der Waals surface area contributed by atoms with E-state index in [9.17, 15) is 9.59 Å². The van der Waals surface area contributed by atoms with Gasteiger partial charge in [-0.15, -0.1) is 0 Å². The van der Waals surface area contributed by atoms with E-state index in [2.05, 4.69) is 26.9 Å². The van der Waals surface area contributed by atoms with Gasteiger partial charge in [-0.2, -0.15) is 4.98 Å². The van der Waals surface area contributed by atoms with E-state index in [1.54, 1.807) is 10.8 Å². The van der Waals surface area contributed by atoms with Crippen LogP contribution in [0.4, 0.5) is 5.82 Å². The Labute approximate surface area is 206 Å². The molecule has 3 aliphatic rings. The normalized spacial score (nSPS) is 22.6. The Morgan fingerprint density at radius 1 is 1.00 bits per heavy atom. The van der Waals surface area contributed by atoms with Gasteiger partial charge in [-0.25, -0.2) is 4.79 Å². The van der Waals surface area contributed by atoms with Crippen molar-refractivity contribution < 1.29 is 4.79 Å². The highest BCUT2D eigenvalue weighted by Gasteiger charge is 2.48. The molecule has 3 fully saturated rings. The lowest BCUT2D eigenvalue weighted by atomic mass is 10.1. The van der Waals surface area contributed by atoms with Gasteiger partial charge in [-0.3, -0.25) is 9.36 Å². The van der Waals surface area contributed by atoms with Crippen LogP contribution >= 0.6 is 0 Å². The molecular weight excluding hydrogens is 442 g/mol. The summed E-state index contributed by atoms with van der Waals surface area (Å²) in [7, 11) is 0. The lowest BCUT2D eigenvalue weighted by Crippen LogP contribution is -2.54. The van der Waals surface area contributed by atoms with Crippen LogP contribution in [0.3, 0.4) is 0 Å². The number of carbonyl (C=O) groups excluding carboxylic acids is 1. The molecule has 4 N–H and O–H groups in total. The Bertz CT molecular complexity index is 1090. The molecule has 0 spiro atoms. The zero-order chi connectivity index (χ0) is 24.4. The summed E-state index contributed by atoms with van der Waals surface area (Å²) in [6, 6.07) is 10.4. The molecule has 2 saturated heterocycles. The Balaban J connectivity index is 1.16. The molecule has 3 heterocycles. The molecule has 2 aromatic rings. The van der Waals surface area contributed by atoms with Crippen LogP contribution in [-0.2, 0) is 11.2 Å². The largest absolute Gasteiger partial charge is 0.354 e. The third kappa shape index (κ3) is 5.58. The highest BCUT2D eigenvalue weighted by molar-refractivity contribution is 5.89. The number of anilines is 1. The second-order valence-corrected chi connectivity index (χ2v) is 10.3. The number of hydrogen-bond donors (Lipinski definition) is 2. The maximum absolute atomic E-state index is 12.8. The molecule has 1 atom stereocenters. The van der Waals surface area contributed by atoms with Crippen molar-refractivity contribution in [2.24, 2.45) is 11.5 Å². The van der Waals surface area contributed by atoms with Crippen molar-refractivity contribution in [3.8, 4) is 5.69 Å². The topological polar surface area (TPSA) is 114 Å². The summed E-state index contributed by atoms with van der Waals surface area (Å²) < 4.78 is 1.58. The maximum Gasteiger partial charge on any atom is 0.354 e. The number of carbonyl (C=O) groups is 1. The minimum Gasteiger partial charge on any atom is -0.353 e. The van der Waals surface area contributed by atoms with Gasteiger partial charge in [0.15, 0.2) is 0 Å². The molecule has 0 radical (unpaired) electrons. The second kappa shape index (κ2) is 10.1. The molecule has 35 heavy (non-hydrogen) atoms. The lowest BCUT2D eigenvalue weighted by molar-refractivity contribution is -0.133. The SMILES string of the molecule is NC1CCCN(CCc2ccc(-n3ccc(N4CCN(C(=O)C5(N)CC5)CC4)nc3=O)cc2)CC1. The van der Waals surface area contributed by atoms with E-state index in [0.717, 1.165) is 57.4 Å². The molecule has 5 rings (SSSR count). The number of hydrogen-bond acceptors (Lipinski definition) is 7. The summed E-state index contributed by atoms with van der Waals surface area (Å²) in [5.74, 6) is 0.709. The zero-order valence-corrected chi connectivity index (χ0v) is 20.4. The summed E-state index contributed by atoms with van der Waals surface area (Å²) >= 11 is 0. The molecule has 9 nitrogen and oxygen atoms in total. The van der Waals surface area contributed by atoms with Crippen LogP contribution in [0.2, 0.25) is 0 Å². The highest BCUT2D eigenvalue weighted by Crippen LogP contribution is 2.34. The van der Waals surface area contributed by atoms with E-state index < -0.39 is 5.54 Å². The van der Waals surface area contributed by atoms with Crippen LogP contribution in [0, 0.1) is 0 Å². The second-order valence-electron chi connectivity index (χ2n) is 10.3. The average molecular weight is 480 g/mol. The summed E-state index contributed by atoms with van der Waals surface area (Å²) in [6.07, 6.45) is 7.71. The molecule has 1 amide bonds. The van der Waals surface area contributed by atoms with Crippen molar-refractivity contribution in [2.75, 3.05) is 50.7 Å². The standard InChI is InChI=1S/C26H37N7O2/c27-21-2-1-12-30(14-8-21)13-7-20-3-5-22(6-4-20)33-15-9-23(29-25(33)35)31-16-18-32(19-17-31)24(34)26(28)10-11-26/h3-6,9,15,21H,1-2,7-8,10-14,16-19,27-28H2.